The Morgan fingerprint density at radius 2 is 2.00 bits per heavy atom. The van der Waals surface area contributed by atoms with Gasteiger partial charge in [0, 0.05) is 31.4 Å². The minimum Gasteiger partial charge on any atom is -0.358 e. The number of thiocarbonyl (C=S) groups is 1. The van der Waals surface area contributed by atoms with Gasteiger partial charge in [0.25, 0.3) is 0 Å². The number of nitrogens with zero attached hydrogens (tertiary/aromatic N) is 1. The van der Waals surface area contributed by atoms with E-state index in [9.17, 15) is 0 Å². The zero-order chi connectivity index (χ0) is 16.1. The first kappa shape index (κ1) is 16.0. The number of benzene rings is 2. The van der Waals surface area contributed by atoms with Crippen molar-refractivity contribution in [3.8, 4) is 0 Å². The van der Waals surface area contributed by atoms with Crippen LogP contribution < -0.4 is 10.6 Å². The lowest BCUT2D eigenvalue weighted by Gasteiger charge is -2.18. The molecule has 0 radical (unpaired) electrons. The molecule has 3 nitrogen and oxygen atoms in total. The fourth-order valence-corrected chi connectivity index (χ4v) is 3.30. The van der Waals surface area contributed by atoms with E-state index >= 15 is 0 Å². The summed E-state index contributed by atoms with van der Waals surface area (Å²) < 4.78 is 0. The summed E-state index contributed by atoms with van der Waals surface area (Å²) >= 11 is 5.44. The molecule has 0 spiro atoms. The first-order chi connectivity index (χ1) is 11.2. The molecule has 4 heteroatoms. The van der Waals surface area contributed by atoms with Crippen LogP contribution in [0.15, 0.2) is 54.6 Å². The number of rotatable bonds is 4. The van der Waals surface area contributed by atoms with Crippen molar-refractivity contribution in [3.05, 3.63) is 65.7 Å². The number of likely N-dealkylation sites (tertiary alicyclic amines) is 1. The molecule has 0 amide bonds. The van der Waals surface area contributed by atoms with Crippen LogP contribution in [0.4, 0.5) is 5.69 Å². The van der Waals surface area contributed by atoms with Crippen LogP contribution in [0, 0.1) is 6.92 Å². The van der Waals surface area contributed by atoms with E-state index in [1.54, 1.807) is 0 Å². The molecule has 1 fully saturated rings. The second-order valence-corrected chi connectivity index (χ2v) is 6.58. The summed E-state index contributed by atoms with van der Waals surface area (Å²) in [6, 6.07) is 19.3. The second-order valence-electron chi connectivity index (χ2n) is 6.17. The summed E-state index contributed by atoms with van der Waals surface area (Å²) in [7, 11) is 0. The number of hydrogen-bond donors (Lipinski definition) is 2. The highest BCUT2D eigenvalue weighted by atomic mass is 32.1. The van der Waals surface area contributed by atoms with Gasteiger partial charge in [-0.3, -0.25) is 4.90 Å². The van der Waals surface area contributed by atoms with Gasteiger partial charge in [-0.25, -0.2) is 0 Å². The smallest absolute Gasteiger partial charge is 0.171 e. The van der Waals surface area contributed by atoms with E-state index in [1.165, 1.54) is 11.1 Å². The zero-order valence-electron chi connectivity index (χ0n) is 13.5. The van der Waals surface area contributed by atoms with Crippen LogP contribution in [0.2, 0.25) is 0 Å². The van der Waals surface area contributed by atoms with E-state index in [0.29, 0.717) is 11.2 Å². The third-order valence-corrected chi connectivity index (χ3v) is 4.35. The van der Waals surface area contributed by atoms with Crippen molar-refractivity contribution in [3.63, 3.8) is 0 Å². The molecule has 2 aromatic rings. The molecule has 23 heavy (non-hydrogen) atoms. The molecule has 1 aliphatic rings. The molecule has 3 rings (SSSR count). The summed E-state index contributed by atoms with van der Waals surface area (Å²) in [5, 5.41) is 7.43. The molecular formula is C19H23N3S. The first-order valence-corrected chi connectivity index (χ1v) is 8.50. The normalized spacial score (nSPS) is 17.9. The Morgan fingerprint density at radius 1 is 1.17 bits per heavy atom. The van der Waals surface area contributed by atoms with Crippen LogP contribution in [0.1, 0.15) is 17.5 Å². The lowest BCUT2D eigenvalue weighted by atomic mass is 10.2. The summed E-state index contributed by atoms with van der Waals surface area (Å²) in [5.41, 5.74) is 3.64. The van der Waals surface area contributed by atoms with Gasteiger partial charge in [-0.2, -0.15) is 0 Å². The van der Waals surface area contributed by atoms with Gasteiger partial charge in [-0.1, -0.05) is 42.5 Å². The first-order valence-electron chi connectivity index (χ1n) is 8.09. The molecule has 120 valence electrons. The largest absolute Gasteiger partial charge is 0.358 e. The Balaban J connectivity index is 1.47. The average Bonchev–Trinajstić information content (AvgIpc) is 2.95. The fraction of sp³-hybridized carbons (Fsp3) is 0.316. The molecule has 0 bridgehead atoms. The van der Waals surface area contributed by atoms with Crippen LogP contribution in [-0.4, -0.2) is 29.1 Å². The SMILES string of the molecule is Cc1cccc(NC(=S)NC2CCN(Cc3ccccc3)C2)c1. The van der Waals surface area contributed by atoms with E-state index in [1.807, 2.05) is 12.1 Å². The van der Waals surface area contributed by atoms with Gasteiger partial charge in [0.15, 0.2) is 5.11 Å². The van der Waals surface area contributed by atoms with Gasteiger partial charge in [-0.05, 0) is 48.8 Å². The second kappa shape index (κ2) is 7.57. The fourth-order valence-electron chi connectivity index (χ4n) is 3.01. The van der Waals surface area contributed by atoms with Crippen molar-refractivity contribution in [2.45, 2.75) is 25.9 Å². The van der Waals surface area contributed by atoms with Crippen molar-refractivity contribution in [2.75, 3.05) is 18.4 Å². The van der Waals surface area contributed by atoms with Crippen LogP contribution in [-0.2, 0) is 6.54 Å². The van der Waals surface area contributed by atoms with E-state index in [-0.39, 0.29) is 0 Å². The number of nitrogens with one attached hydrogen (secondary N) is 2. The van der Waals surface area contributed by atoms with Crippen molar-refractivity contribution in [1.29, 1.82) is 0 Å². The van der Waals surface area contributed by atoms with E-state index in [4.69, 9.17) is 12.2 Å². The quantitative estimate of drug-likeness (QED) is 0.841. The topological polar surface area (TPSA) is 27.3 Å². The Hall–Kier alpha value is -1.91. The standard InChI is InChI=1S/C19H23N3S/c1-15-6-5-9-17(12-15)20-19(23)21-18-10-11-22(14-18)13-16-7-3-2-4-8-16/h2-9,12,18H,10-11,13-14H2,1H3,(H2,20,21,23). The molecule has 2 N–H and O–H groups in total. The van der Waals surface area contributed by atoms with Gasteiger partial charge in [-0.15, -0.1) is 0 Å². The Kier molecular flexibility index (Phi) is 5.26. The minimum absolute atomic E-state index is 0.420. The van der Waals surface area contributed by atoms with E-state index in [2.05, 4.69) is 64.9 Å². The maximum absolute atomic E-state index is 5.44. The van der Waals surface area contributed by atoms with Crippen LogP contribution >= 0.6 is 12.2 Å². The van der Waals surface area contributed by atoms with Gasteiger partial charge in [0.1, 0.15) is 0 Å². The number of anilines is 1. The molecule has 1 saturated heterocycles. The third kappa shape index (κ3) is 4.78. The Labute approximate surface area is 143 Å². The van der Waals surface area contributed by atoms with Crippen LogP contribution in [0.3, 0.4) is 0 Å². The molecule has 1 heterocycles. The van der Waals surface area contributed by atoms with Crippen molar-refractivity contribution < 1.29 is 0 Å². The lowest BCUT2D eigenvalue weighted by Crippen LogP contribution is -2.39. The molecule has 0 saturated carbocycles. The van der Waals surface area contributed by atoms with Crippen molar-refractivity contribution in [2.24, 2.45) is 0 Å². The summed E-state index contributed by atoms with van der Waals surface area (Å²) in [4.78, 5) is 2.47. The third-order valence-electron chi connectivity index (χ3n) is 4.13. The predicted molar refractivity (Wildman–Crippen MR) is 101 cm³/mol. The summed E-state index contributed by atoms with van der Waals surface area (Å²) in [6.07, 6.45) is 1.13. The molecule has 0 aliphatic carbocycles. The van der Waals surface area contributed by atoms with Gasteiger partial charge in [0.05, 0.1) is 0 Å². The molecule has 2 aromatic carbocycles. The maximum Gasteiger partial charge on any atom is 0.171 e. The van der Waals surface area contributed by atoms with Crippen LogP contribution in [0.5, 0.6) is 0 Å². The van der Waals surface area contributed by atoms with E-state index in [0.717, 1.165) is 31.7 Å². The Morgan fingerprint density at radius 3 is 2.78 bits per heavy atom. The van der Waals surface area contributed by atoms with Gasteiger partial charge in [0.2, 0.25) is 0 Å². The lowest BCUT2D eigenvalue weighted by molar-refractivity contribution is 0.324. The molecule has 1 atom stereocenters. The highest BCUT2D eigenvalue weighted by Gasteiger charge is 2.22. The van der Waals surface area contributed by atoms with Crippen molar-refractivity contribution in [1.82, 2.24) is 10.2 Å². The average molecular weight is 325 g/mol. The molecule has 0 aromatic heterocycles. The number of aryl methyl sites for hydroxylation is 1. The van der Waals surface area contributed by atoms with E-state index < -0.39 is 0 Å². The van der Waals surface area contributed by atoms with Crippen LogP contribution in [0.25, 0.3) is 0 Å². The van der Waals surface area contributed by atoms with Gasteiger partial charge >= 0.3 is 0 Å². The van der Waals surface area contributed by atoms with Crippen molar-refractivity contribution >= 4 is 23.0 Å². The minimum atomic E-state index is 0.420. The number of hydrogen-bond acceptors (Lipinski definition) is 2. The molecular weight excluding hydrogens is 302 g/mol. The highest BCUT2D eigenvalue weighted by Crippen LogP contribution is 2.14. The zero-order valence-corrected chi connectivity index (χ0v) is 14.3. The predicted octanol–water partition coefficient (Wildman–Crippen LogP) is 3.56. The monoisotopic (exact) mass is 325 g/mol. The molecule has 1 aliphatic heterocycles. The highest BCUT2D eigenvalue weighted by molar-refractivity contribution is 7.80. The van der Waals surface area contributed by atoms with Gasteiger partial charge < -0.3 is 10.6 Å². The summed E-state index contributed by atoms with van der Waals surface area (Å²) in [5.74, 6) is 0. The summed E-state index contributed by atoms with van der Waals surface area (Å²) in [6.45, 7) is 5.24. The maximum atomic E-state index is 5.44. The molecule has 1 unspecified atom stereocenters. The Bertz CT molecular complexity index is 657.